The highest BCUT2D eigenvalue weighted by Crippen LogP contribution is 2.21. The molecule has 0 amide bonds. The molecule has 0 fully saturated rings. The van der Waals surface area contributed by atoms with Gasteiger partial charge in [0.05, 0.1) is 24.4 Å². The van der Waals surface area contributed by atoms with Gasteiger partial charge in [0.15, 0.2) is 5.69 Å². The zero-order valence-corrected chi connectivity index (χ0v) is 12.3. The summed E-state index contributed by atoms with van der Waals surface area (Å²) in [5, 5.41) is 9.44. The van der Waals surface area contributed by atoms with Crippen LogP contribution in [0.1, 0.15) is 21.6 Å². The van der Waals surface area contributed by atoms with Crippen molar-refractivity contribution in [2.75, 3.05) is 7.11 Å². The maximum absolute atomic E-state index is 11.7. The summed E-state index contributed by atoms with van der Waals surface area (Å²) in [6.07, 6.45) is 0. The second-order valence-corrected chi connectivity index (χ2v) is 4.58. The Morgan fingerprint density at radius 2 is 2.20 bits per heavy atom. The number of nitriles is 1. The minimum atomic E-state index is -0.474. The molecule has 0 aliphatic carbocycles. The van der Waals surface area contributed by atoms with Gasteiger partial charge in [-0.2, -0.15) is 5.26 Å². The molecule has 2 rings (SSSR count). The normalized spacial score (nSPS) is 9.85. The summed E-state index contributed by atoms with van der Waals surface area (Å²) in [4.78, 5) is 16.1. The number of alkyl halides is 1. The van der Waals surface area contributed by atoms with Gasteiger partial charge in [0.2, 0.25) is 0 Å². The van der Waals surface area contributed by atoms with Crippen LogP contribution in [0.5, 0.6) is 0 Å². The highest BCUT2D eigenvalue weighted by Gasteiger charge is 2.14. The largest absolute Gasteiger partial charge is 0.464 e. The lowest BCUT2D eigenvalue weighted by atomic mass is 10.1. The number of methoxy groups -OCH3 is 1. The number of aromatic nitrogens is 1. The number of hydrogen-bond donors (Lipinski definition) is 0. The van der Waals surface area contributed by atoms with Crippen molar-refractivity contribution in [2.45, 2.75) is 5.33 Å². The fraction of sp³-hybridized carbons (Fsp3) is 0.133. The van der Waals surface area contributed by atoms with Gasteiger partial charge in [-0.15, -0.1) is 0 Å². The van der Waals surface area contributed by atoms with Crippen LogP contribution in [0.25, 0.3) is 11.3 Å². The minimum Gasteiger partial charge on any atom is -0.464 e. The van der Waals surface area contributed by atoms with Crippen LogP contribution in [0.4, 0.5) is 0 Å². The Bertz CT molecular complexity index is 693. The Balaban J connectivity index is 2.53. The molecule has 0 aliphatic rings. The van der Waals surface area contributed by atoms with Crippen LogP contribution in [0.2, 0.25) is 0 Å². The Hall–Kier alpha value is -2.19. The third-order valence-electron chi connectivity index (χ3n) is 2.79. The zero-order chi connectivity index (χ0) is 14.5. The first kappa shape index (κ1) is 14.2. The molecule has 0 spiro atoms. The number of hydrogen-bond acceptors (Lipinski definition) is 4. The summed E-state index contributed by atoms with van der Waals surface area (Å²) in [6, 6.07) is 12.8. The average Bonchev–Trinajstić information content (AvgIpc) is 2.53. The first-order chi connectivity index (χ1) is 9.69. The highest BCUT2D eigenvalue weighted by atomic mass is 79.9. The Labute approximate surface area is 125 Å². The minimum absolute atomic E-state index is 0.282. The molecule has 5 heteroatoms. The first-order valence-electron chi connectivity index (χ1n) is 5.84. The molecule has 2 aromatic rings. The monoisotopic (exact) mass is 330 g/mol. The molecule has 0 aliphatic heterocycles. The molecule has 1 aromatic carbocycles. The molecular formula is C15H11BrN2O2. The van der Waals surface area contributed by atoms with Gasteiger partial charge in [-0.05, 0) is 23.8 Å². The van der Waals surface area contributed by atoms with Crippen molar-refractivity contribution in [3.8, 4) is 17.3 Å². The number of ether oxygens (including phenoxy) is 1. The second-order valence-electron chi connectivity index (χ2n) is 4.02. The van der Waals surface area contributed by atoms with Gasteiger partial charge < -0.3 is 4.74 Å². The predicted molar refractivity (Wildman–Crippen MR) is 78.4 cm³/mol. The molecule has 0 radical (unpaired) electrons. The SMILES string of the molecule is COC(=O)c1nc(-c2cccc(C#N)c2)ccc1CBr. The number of pyridine rings is 1. The molecule has 20 heavy (non-hydrogen) atoms. The number of halogens is 1. The van der Waals surface area contributed by atoms with Crippen molar-refractivity contribution >= 4 is 21.9 Å². The van der Waals surface area contributed by atoms with Crippen LogP contribution in [0.15, 0.2) is 36.4 Å². The molecular weight excluding hydrogens is 320 g/mol. The fourth-order valence-electron chi connectivity index (χ4n) is 1.78. The van der Waals surface area contributed by atoms with E-state index in [0.717, 1.165) is 11.1 Å². The lowest BCUT2D eigenvalue weighted by molar-refractivity contribution is 0.0593. The van der Waals surface area contributed by atoms with Crippen LogP contribution >= 0.6 is 15.9 Å². The Morgan fingerprint density at radius 1 is 1.40 bits per heavy atom. The van der Waals surface area contributed by atoms with Crippen molar-refractivity contribution in [1.82, 2.24) is 4.98 Å². The number of benzene rings is 1. The van der Waals surface area contributed by atoms with E-state index in [2.05, 4.69) is 27.0 Å². The predicted octanol–water partition coefficient (Wildman–Crippen LogP) is 3.30. The molecule has 4 nitrogen and oxygen atoms in total. The van der Waals surface area contributed by atoms with Crippen molar-refractivity contribution < 1.29 is 9.53 Å². The fourth-order valence-corrected chi connectivity index (χ4v) is 2.23. The van der Waals surface area contributed by atoms with Gasteiger partial charge in [-0.25, -0.2) is 9.78 Å². The maximum atomic E-state index is 11.7. The molecule has 0 N–H and O–H groups in total. The van der Waals surface area contributed by atoms with E-state index in [4.69, 9.17) is 10.00 Å². The van der Waals surface area contributed by atoms with Gasteiger partial charge >= 0.3 is 5.97 Å². The molecule has 0 bridgehead atoms. The molecule has 0 saturated heterocycles. The van der Waals surface area contributed by atoms with Gasteiger partial charge in [-0.3, -0.25) is 0 Å². The summed E-state index contributed by atoms with van der Waals surface area (Å²) >= 11 is 3.32. The van der Waals surface area contributed by atoms with Crippen LogP contribution in [-0.2, 0) is 10.1 Å². The van der Waals surface area contributed by atoms with Crippen molar-refractivity contribution in [2.24, 2.45) is 0 Å². The van der Waals surface area contributed by atoms with E-state index in [-0.39, 0.29) is 5.69 Å². The second kappa shape index (κ2) is 6.31. The molecule has 1 heterocycles. The zero-order valence-electron chi connectivity index (χ0n) is 10.8. The van der Waals surface area contributed by atoms with Gasteiger partial charge in [0.1, 0.15) is 0 Å². The van der Waals surface area contributed by atoms with Crippen molar-refractivity contribution in [3.05, 3.63) is 53.2 Å². The molecule has 100 valence electrons. The van der Waals surface area contributed by atoms with E-state index < -0.39 is 5.97 Å². The maximum Gasteiger partial charge on any atom is 0.356 e. The van der Waals surface area contributed by atoms with E-state index in [1.165, 1.54) is 7.11 Å². The van der Waals surface area contributed by atoms with Gasteiger partial charge in [-0.1, -0.05) is 34.1 Å². The highest BCUT2D eigenvalue weighted by molar-refractivity contribution is 9.08. The van der Waals surface area contributed by atoms with Crippen molar-refractivity contribution in [1.29, 1.82) is 5.26 Å². The molecule has 0 saturated carbocycles. The standard InChI is InChI=1S/C15H11BrN2O2/c1-20-15(19)14-12(8-16)5-6-13(18-14)11-4-2-3-10(7-11)9-17/h2-7H,8H2,1H3. The van der Waals surface area contributed by atoms with Gasteiger partial charge in [0, 0.05) is 10.9 Å². The van der Waals surface area contributed by atoms with Crippen LogP contribution in [0.3, 0.4) is 0 Å². The third-order valence-corrected chi connectivity index (χ3v) is 3.39. The van der Waals surface area contributed by atoms with E-state index in [1.54, 1.807) is 18.2 Å². The van der Waals surface area contributed by atoms with Crippen LogP contribution in [-0.4, -0.2) is 18.1 Å². The summed E-state index contributed by atoms with van der Waals surface area (Å²) < 4.78 is 4.74. The third kappa shape index (κ3) is 2.86. The summed E-state index contributed by atoms with van der Waals surface area (Å²) in [7, 11) is 1.32. The van der Waals surface area contributed by atoms with E-state index in [9.17, 15) is 4.79 Å². The van der Waals surface area contributed by atoms with E-state index in [0.29, 0.717) is 16.6 Å². The Morgan fingerprint density at radius 3 is 2.85 bits per heavy atom. The smallest absolute Gasteiger partial charge is 0.356 e. The number of nitrogens with zero attached hydrogens (tertiary/aromatic N) is 2. The number of esters is 1. The van der Waals surface area contributed by atoms with Gasteiger partial charge in [0.25, 0.3) is 0 Å². The topological polar surface area (TPSA) is 63.0 Å². The quantitative estimate of drug-likeness (QED) is 0.639. The van der Waals surface area contributed by atoms with E-state index in [1.807, 2.05) is 18.2 Å². The molecule has 1 aromatic heterocycles. The lowest BCUT2D eigenvalue weighted by Gasteiger charge is -2.08. The lowest BCUT2D eigenvalue weighted by Crippen LogP contribution is -2.08. The number of carbonyl (C=O) groups is 1. The summed E-state index contributed by atoms with van der Waals surface area (Å²) in [5.74, 6) is -0.474. The Kier molecular flexibility index (Phi) is 4.49. The van der Waals surface area contributed by atoms with Crippen molar-refractivity contribution in [3.63, 3.8) is 0 Å². The summed E-state index contributed by atoms with van der Waals surface area (Å²) in [5.41, 5.74) is 3.01. The van der Waals surface area contributed by atoms with Crippen LogP contribution < -0.4 is 0 Å². The van der Waals surface area contributed by atoms with Crippen LogP contribution in [0, 0.1) is 11.3 Å². The number of carbonyl (C=O) groups excluding carboxylic acids is 1. The summed E-state index contributed by atoms with van der Waals surface area (Å²) in [6.45, 7) is 0. The molecule has 0 atom stereocenters. The first-order valence-corrected chi connectivity index (χ1v) is 6.96. The number of rotatable bonds is 3. The molecule has 0 unspecified atom stereocenters. The van der Waals surface area contributed by atoms with E-state index >= 15 is 0 Å². The average molecular weight is 331 g/mol.